The minimum Gasteiger partial charge on any atom is -0.350 e. The molecule has 2 nitrogen and oxygen atoms in total. The van der Waals surface area contributed by atoms with Gasteiger partial charge in [0.1, 0.15) is 0 Å². The van der Waals surface area contributed by atoms with Gasteiger partial charge in [-0.05, 0) is 25.0 Å². The van der Waals surface area contributed by atoms with Crippen molar-refractivity contribution in [2.45, 2.75) is 19.4 Å². The molecule has 2 aromatic rings. The van der Waals surface area contributed by atoms with E-state index in [1.54, 1.807) is 0 Å². The highest BCUT2D eigenvalue weighted by Gasteiger charge is 2.06. The van der Waals surface area contributed by atoms with Crippen LogP contribution >= 0.6 is 12.4 Å². The molecule has 0 radical (unpaired) electrons. The van der Waals surface area contributed by atoms with E-state index in [9.17, 15) is 0 Å². The third kappa shape index (κ3) is 2.33. The van der Waals surface area contributed by atoms with Crippen molar-refractivity contribution < 1.29 is 0 Å². The molecular formula is C12H17ClN2. The number of aromatic nitrogens is 1. The van der Waals surface area contributed by atoms with Gasteiger partial charge in [0.2, 0.25) is 0 Å². The third-order valence-electron chi connectivity index (χ3n) is 2.52. The largest absolute Gasteiger partial charge is 0.350 e. The van der Waals surface area contributed by atoms with Gasteiger partial charge in [0, 0.05) is 30.2 Å². The predicted molar refractivity (Wildman–Crippen MR) is 67.5 cm³/mol. The molecule has 1 heterocycles. The Morgan fingerprint density at radius 3 is 2.67 bits per heavy atom. The van der Waals surface area contributed by atoms with Crippen LogP contribution in [0.15, 0.2) is 30.5 Å². The Labute approximate surface area is 96.5 Å². The van der Waals surface area contributed by atoms with Crippen LogP contribution in [-0.4, -0.2) is 10.6 Å². The number of benzene rings is 1. The molecule has 0 amide bonds. The second kappa shape index (κ2) is 4.69. The Bertz CT molecular complexity index is 446. The molecule has 2 N–H and O–H groups in total. The topological polar surface area (TPSA) is 30.9 Å². The van der Waals surface area contributed by atoms with E-state index >= 15 is 0 Å². The molecule has 0 spiro atoms. The normalized spacial score (nSPS) is 12.5. The molecule has 1 aromatic carbocycles. The molecule has 1 unspecified atom stereocenters. The van der Waals surface area contributed by atoms with Crippen LogP contribution in [0.25, 0.3) is 10.9 Å². The second-order valence-electron chi connectivity index (χ2n) is 3.96. The smallest absolute Gasteiger partial charge is 0.0480 e. The van der Waals surface area contributed by atoms with E-state index < -0.39 is 0 Å². The fraction of sp³-hybridized carbons (Fsp3) is 0.333. The maximum absolute atomic E-state index is 5.82. The molecule has 1 atom stereocenters. The van der Waals surface area contributed by atoms with Crippen molar-refractivity contribution in [3.05, 3.63) is 36.0 Å². The summed E-state index contributed by atoms with van der Waals surface area (Å²) < 4.78 is 2.16. The fourth-order valence-electron chi connectivity index (χ4n) is 1.94. The van der Waals surface area contributed by atoms with Crippen LogP contribution in [-0.2, 0) is 13.5 Å². The molecule has 0 aliphatic rings. The first-order chi connectivity index (χ1) is 6.68. The zero-order valence-corrected chi connectivity index (χ0v) is 9.92. The van der Waals surface area contributed by atoms with Gasteiger partial charge in [-0.1, -0.05) is 18.2 Å². The van der Waals surface area contributed by atoms with Gasteiger partial charge >= 0.3 is 0 Å². The highest BCUT2D eigenvalue weighted by molar-refractivity contribution is 5.85. The summed E-state index contributed by atoms with van der Waals surface area (Å²) in [6.07, 6.45) is 3.12. The summed E-state index contributed by atoms with van der Waals surface area (Å²) in [6.45, 7) is 2.04. The molecule has 0 aliphatic heterocycles. The Balaban J connectivity index is 0.00000112. The van der Waals surface area contributed by atoms with Crippen LogP contribution in [0, 0.1) is 0 Å². The predicted octanol–water partition coefficient (Wildman–Crippen LogP) is 2.49. The van der Waals surface area contributed by atoms with Gasteiger partial charge in [-0.3, -0.25) is 0 Å². The minimum absolute atomic E-state index is 0. The molecular weight excluding hydrogens is 208 g/mol. The SMILES string of the molecule is CC(N)Cc1cn(C)c2ccccc12.Cl. The van der Waals surface area contributed by atoms with Crippen LogP contribution in [0.4, 0.5) is 0 Å². The van der Waals surface area contributed by atoms with Crippen molar-refractivity contribution in [1.82, 2.24) is 4.57 Å². The quantitative estimate of drug-likeness (QED) is 0.835. The number of para-hydroxylation sites is 1. The summed E-state index contributed by atoms with van der Waals surface area (Å²) in [5, 5.41) is 1.33. The minimum atomic E-state index is 0. The number of halogens is 1. The van der Waals surface area contributed by atoms with Crippen molar-refractivity contribution in [3.63, 3.8) is 0 Å². The number of fused-ring (bicyclic) bond motifs is 1. The lowest BCUT2D eigenvalue weighted by Crippen LogP contribution is -2.17. The highest BCUT2D eigenvalue weighted by atomic mass is 35.5. The van der Waals surface area contributed by atoms with Crippen LogP contribution in [0.2, 0.25) is 0 Å². The fourth-order valence-corrected chi connectivity index (χ4v) is 1.94. The molecule has 3 heteroatoms. The van der Waals surface area contributed by atoms with Gasteiger partial charge in [0.15, 0.2) is 0 Å². The third-order valence-corrected chi connectivity index (χ3v) is 2.52. The van der Waals surface area contributed by atoms with E-state index in [1.165, 1.54) is 16.5 Å². The second-order valence-corrected chi connectivity index (χ2v) is 3.96. The van der Waals surface area contributed by atoms with E-state index in [4.69, 9.17) is 5.73 Å². The van der Waals surface area contributed by atoms with E-state index in [2.05, 4.69) is 42.1 Å². The molecule has 1 aromatic heterocycles. The number of hydrogen-bond acceptors (Lipinski definition) is 1. The van der Waals surface area contributed by atoms with Crippen molar-refractivity contribution >= 4 is 23.3 Å². The van der Waals surface area contributed by atoms with Crippen molar-refractivity contribution in [2.75, 3.05) is 0 Å². The van der Waals surface area contributed by atoms with Crippen LogP contribution in [0.5, 0.6) is 0 Å². The number of nitrogens with zero attached hydrogens (tertiary/aromatic N) is 1. The summed E-state index contributed by atoms with van der Waals surface area (Å²) >= 11 is 0. The van der Waals surface area contributed by atoms with Crippen LogP contribution < -0.4 is 5.73 Å². The number of nitrogens with two attached hydrogens (primary N) is 1. The van der Waals surface area contributed by atoms with Crippen LogP contribution in [0.1, 0.15) is 12.5 Å². The lowest BCUT2D eigenvalue weighted by atomic mass is 10.1. The van der Waals surface area contributed by atoms with Crippen LogP contribution in [0.3, 0.4) is 0 Å². The molecule has 15 heavy (non-hydrogen) atoms. The van der Waals surface area contributed by atoms with E-state index in [-0.39, 0.29) is 18.4 Å². The van der Waals surface area contributed by atoms with Gasteiger partial charge in [-0.25, -0.2) is 0 Å². The molecule has 0 saturated carbocycles. The van der Waals surface area contributed by atoms with Gasteiger partial charge < -0.3 is 10.3 Å². The van der Waals surface area contributed by atoms with Gasteiger partial charge in [0.05, 0.1) is 0 Å². The van der Waals surface area contributed by atoms with E-state index in [1.807, 2.05) is 6.92 Å². The Kier molecular flexibility index (Phi) is 3.77. The molecule has 2 rings (SSSR count). The molecule has 0 bridgehead atoms. The number of aryl methyl sites for hydroxylation is 1. The average Bonchev–Trinajstić information content (AvgIpc) is 2.44. The summed E-state index contributed by atoms with van der Waals surface area (Å²) in [4.78, 5) is 0. The lowest BCUT2D eigenvalue weighted by Gasteiger charge is -2.02. The number of rotatable bonds is 2. The first-order valence-electron chi connectivity index (χ1n) is 4.97. The Morgan fingerprint density at radius 2 is 2.00 bits per heavy atom. The Hall–Kier alpha value is -0.990. The summed E-state index contributed by atoms with van der Waals surface area (Å²) in [7, 11) is 2.08. The van der Waals surface area contributed by atoms with Crippen molar-refractivity contribution in [3.8, 4) is 0 Å². The van der Waals surface area contributed by atoms with Gasteiger partial charge in [-0.2, -0.15) is 0 Å². The molecule has 82 valence electrons. The average molecular weight is 225 g/mol. The van der Waals surface area contributed by atoms with Gasteiger partial charge in [0.25, 0.3) is 0 Å². The van der Waals surface area contributed by atoms with Crippen molar-refractivity contribution in [2.24, 2.45) is 12.8 Å². The highest BCUT2D eigenvalue weighted by Crippen LogP contribution is 2.20. The monoisotopic (exact) mass is 224 g/mol. The summed E-state index contributed by atoms with van der Waals surface area (Å²) in [6, 6.07) is 8.67. The molecule has 0 fully saturated rings. The zero-order valence-electron chi connectivity index (χ0n) is 9.10. The lowest BCUT2D eigenvalue weighted by molar-refractivity contribution is 0.738. The summed E-state index contributed by atoms with van der Waals surface area (Å²) in [5.74, 6) is 0. The molecule has 0 aliphatic carbocycles. The van der Waals surface area contributed by atoms with E-state index in [0.29, 0.717) is 0 Å². The Morgan fingerprint density at radius 1 is 1.33 bits per heavy atom. The van der Waals surface area contributed by atoms with E-state index in [0.717, 1.165) is 6.42 Å². The maximum atomic E-state index is 5.82. The molecule has 0 saturated heterocycles. The standard InChI is InChI=1S/C12H16N2.ClH/c1-9(13)7-10-8-14(2)12-6-4-3-5-11(10)12;/h3-6,8-9H,7,13H2,1-2H3;1H. The maximum Gasteiger partial charge on any atom is 0.0480 e. The van der Waals surface area contributed by atoms with Crippen molar-refractivity contribution in [1.29, 1.82) is 0 Å². The number of hydrogen-bond donors (Lipinski definition) is 1. The summed E-state index contributed by atoms with van der Waals surface area (Å²) in [5.41, 5.74) is 8.44. The van der Waals surface area contributed by atoms with Gasteiger partial charge in [-0.15, -0.1) is 12.4 Å². The zero-order chi connectivity index (χ0) is 10.1. The first-order valence-corrected chi connectivity index (χ1v) is 4.97. The first kappa shape index (κ1) is 12.1.